The molecule has 0 N–H and O–H groups in total. The molecular weight excluding hydrogens is 315 g/mol. The topological polar surface area (TPSA) is 65.7 Å². The second kappa shape index (κ2) is 6.55. The van der Waals surface area contributed by atoms with E-state index in [-0.39, 0.29) is 11.3 Å². The van der Waals surface area contributed by atoms with Gasteiger partial charge in [-0.2, -0.15) is 0 Å². The van der Waals surface area contributed by atoms with E-state index in [0.717, 1.165) is 0 Å². The van der Waals surface area contributed by atoms with Crippen LogP contribution in [0.15, 0.2) is 77.2 Å². The number of furan rings is 1. The van der Waals surface area contributed by atoms with Crippen LogP contribution in [-0.4, -0.2) is 6.29 Å². The predicted octanol–water partition coefficient (Wildman–Crippen LogP) is 4.07. The van der Waals surface area contributed by atoms with Crippen LogP contribution in [0.25, 0.3) is 0 Å². The summed E-state index contributed by atoms with van der Waals surface area (Å²) >= 11 is 0. The third-order valence-electron chi connectivity index (χ3n) is 2.94. The summed E-state index contributed by atoms with van der Waals surface area (Å²) in [7, 11) is -3.83. The van der Waals surface area contributed by atoms with Crippen LogP contribution in [0.5, 0.6) is 11.5 Å². The molecule has 0 aliphatic carbocycles. The number of carbonyl (C=O) groups excluding carboxylic acids is 1. The number of para-hydroxylation sites is 2. The lowest BCUT2D eigenvalue weighted by atomic mass is 10.3. The van der Waals surface area contributed by atoms with Crippen molar-refractivity contribution in [2.45, 2.75) is 0 Å². The van der Waals surface area contributed by atoms with Crippen molar-refractivity contribution < 1.29 is 22.8 Å². The summed E-state index contributed by atoms with van der Waals surface area (Å²) in [6, 6.07) is 20.1. The molecule has 1 aromatic heterocycles. The van der Waals surface area contributed by atoms with Gasteiger partial charge in [-0.15, -0.1) is 0 Å². The third kappa shape index (κ3) is 3.52. The monoisotopic (exact) mass is 328 g/mol. The lowest BCUT2D eigenvalue weighted by molar-refractivity contribution is 0.110. The van der Waals surface area contributed by atoms with Gasteiger partial charge in [0.1, 0.15) is 11.5 Å². The molecule has 0 unspecified atom stereocenters. The van der Waals surface area contributed by atoms with Crippen molar-refractivity contribution in [1.29, 1.82) is 0 Å². The fraction of sp³-hybridized carbons (Fsp3) is 0. The van der Waals surface area contributed by atoms with E-state index in [9.17, 15) is 9.36 Å². The first-order valence-electron chi connectivity index (χ1n) is 6.84. The highest BCUT2D eigenvalue weighted by Gasteiger charge is 2.35. The first kappa shape index (κ1) is 15.1. The minimum absolute atomic E-state index is 0.0349. The third-order valence-corrected chi connectivity index (χ3v) is 4.62. The quantitative estimate of drug-likeness (QED) is 0.504. The molecule has 0 amide bonds. The average molecular weight is 328 g/mol. The molecule has 0 radical (unpaired) electrons. The highest BCUT2D eigenvalue weighted by atomic mass is 31.2. The fourth-order valence-electron chi connectivity index (χ4n) is 1.90. The van der Waals surface area contributed by atoms with Crippen molar-refractivity contribution in [3.8, 4) is 11.5 Å². The predicted molar refractivity (Wildman–Crippen MR) is 85.5 cm³/mol. The van der Waals surface area contributed by atoms with Crippen molar-refractivity contribution in [2.75, 3.05) is 0 Å². The van der Waals surface area contributed by atoms with Gasteiger partial charge in [0.15, 0.2) is 12.0 Å². The molecule has 0 spiro atoms. The van der Waals surface area contributed by atoms with Crippen molar-refractivity contribution >= 4 is 19.4 Å². The summed E-state index contributed by atoms with van der Waals surface area (Å²) < 4.78 is 29.6. The summed E-state index contributed by atoms with van der Waals surface area (Å²) in [4.78, 5) is 10.8. The number of hydrogen-bond acceptors (Lipinski definition) is 5. The van der Waals surface area contributed by atoms with Crippen LogP contribution in [0, 0.1) is 0 Å². The smallest absolute Gasteiger partial charge is 0.443 e. The molecule has 3 aromatic rings. The number of hydrogen-bond donors (Lipinski definition) is 0. The molecule has 0 bridgehead atoms. The Morgan fingerprint density at radius 2 is 1.30 bits per heavy atom. The van der Waals surface area contributed by atoms with Gasteiger partial charge in [-0.3, -0.25) is 4.79 Å². The Kier molecular flexibility index (Phi) is 4.31. The van der Waals surface area contributed by atoms with E-state index in [0.29, 0.717) is 17.8 Å². The molecule has 0 fully saturated rings. The summed E-state index contributed by atoms with van der Waals surface area (Å²) in [5.41, 5.74) is -0.0349. The molecular formula is C17H13O5P. The number of carbonyl (C=O) groups is 1. The first-order valence-corrected chi connectivity index (χ1v) is 8.39. The molecule has 6 heteroatoms. The minimum Gasteiger partial charge on any atom is -0.443 e. The SMILES string of the molecule is O=Cc1ccc(P(=O)(Oc2ccccc2)Oc2ccccc2)o1. The number of aldehydes is 1. The van der Waals surface area contributed by atoms with Crippen LogP contribution in [-0.2, 0) is 4.57 Å². The lowest BCUT2D eigenvalue weighted by Gasteiger charge is -2.18. The highest BCUT2D eigenvalue weighted by Crippen LogP contribution is 2.47. The molecule has 0 saturated carbocycles. The van der Waals surface area contributed by atoms with Gasteiger partial charge >= 0.3 is 7.60 Å². The van der Waals surface area contributed by atoms with Gasteiger partial charge in [0.25, 0.3) is 0 Å². The zero-order valence-electron chi connectivity index (χ0n) is 12.0. The van der Waals surface area contributed by atoms with Gasteiger partial charge in [-0.1, -0.05) is 36.4 Å². The van der Waals surface area contributed by atoms with Gasteiger partial charge in [0.05, 0.1) is 0 Å². The van der Waals surface area contributed by atoms with Crippen molar-refractivity contribution in [3.05, 3.63) is 78.6 Å². The minimum atomic E-state index is -3.83. The van der Waals surface area contributed by atoms with Crippen molar-refractivity contribution in [1.82, 2.24) is 0 Å². The summed E-state index contributed by atoms with van der Waals surface area (Å²) in [6.07, 6.45) is 0.527. The second-order valence-electron chi connectivity index (χ2n) is 4.60. The van der Waals surface area contributed by atoms with Crippen LogP contribution in [0.4, 0.5) is 0 Å². The van der Waals surface area contributed by atoms with Crippen LogP contribution in [0.2, 0.25) is 0 Å². The van der Waals surface area contributed by atoms with Crippen LogP contribution in [0.1, 0.15) is 10.6 Å². The zero-order valence-corrected chi connectivity index (χ0v) is 12.9. The van der Waals surface area contributed by atoms with Crippen molar-refractivity contribution in [2.24, 2.45) is 0 Å². The molecule has 0 saturated heterocycles. The Hall–Kier alpha value is -2.78. The fourth-order valence-corrected chi connectivity index (χ4v) is 3.39. The maximum Gasteiger partial charge on any atom is 0.498 e. The Balaban J connectivity index is 1.98. The standard InChI is InChI=1S/C17H13O5P/c18-13-16-11-12-17(20-16)23(19,21-14-7-3-1-4-8-14)22-15-9-5-2-6-10-15/h1-13H. The number of rotatable bonds is 6. The largest absolute Gasteiger partial charge is 0.498 e. The average Bonchev–Trinajstić information content (AvgIpc) is 3.06. The van der Waals surface area contributed by atoms with Gasteiger partial charge in [0, 0.05) is 0 Å². The molecule has 1 heterocycles. The first-order chi connectivity index (χ1) is 11.2. The Bertz CT molecular complexity index is 781. The summed E-state index contributed by atoms with van der Waals surface area (Å²) in [6.45, 7) is 0. The maximum atomic E-state index is 13.2. The molecule has 0 atom stereocenters. The molecule has 23 heavy (non-hydrogen) atoms. The summed E-state index contributed by atoms with van der Waals surface area (Å²) in [5.74, 6) is 0.792. The zero-order chi connectivity index (χ0) is 16.1. The summed E-state index contributed by atoms with van der Waals surface area (Å²) in [5, 5.41) is 0. The van der Waals surface area contributed by atoms with Crippen LogP contribution >= 0.6 is 7.60 Å². The van der Waals surface area contributed by atoms with Gasteiger partial charge < -0.3 is 13.5 Å². The molecule has 0 aliphatic rings. The Morgan fingerprint density at radius 3 is 1.74 bits per heavy atom. The second-order valence-corrected chi connectivity index (χ2v) is 6.40. The Labute approximate surface area is 133 Å². The molecule has 0 aliphatic heterocycles. The van der Waals surface area contributed by atoms with E-state index in [2.05, 4.69) is 0 Å². The van der Waals surface area contributed by atoms with E-state index in [1.54, 1.807) is 48.5 Å². The highest BCUT2D eigenvalue weighted by molar-refractivity contribution is 7.62. The molecule has 5 nitrogen and oxygen atoms in total. The van der Waals surface area contributed by atoms with E-state index in [1.807, 2.05) is 12.1 Å². The Morgan fingerprint density at radius 1 is 0.783 bits per heavy atom. The van der Waals surface area contributed by atoms with E-state index < -0.39 is 7.60 Å². The van der Waals surface area contributed by atoms with Gasteiger partial charge in [0.2, 0.25) is 5.50 Å². The number of benzene rings is 2. The molecule has 116 valence electrons. The van der Waals surface area contributed by atoms with Gasteiger partial charge in [-0.05, 0) is 36.4 Å². The van der Waals surface area contributed by atoms with Crippen LogP contribution in [0.3, 0.4) is 0 Å². The maximum absolute atomic E-state index is 13.2. The van der Waals surface area contributed by atoms with E-state index in [4.69, 9.17) is 13.5 Å². The molecule has 2 aromatic carbocycles. The normalized spacial score (nSPS) is 11.0. The molecule has 3 rings (SSSR count). The lowest BCUT2D eigenvalue weighted by Crippen LogP contribution is -2.13. The van der Waals surface area contributed by atoms with Crippen molar-refractivity contribution in [3.63, 3.8) is 0 Å². The van der Waals surface area contributed by atoms with Crippen LogP contribution < -0.4 is 14.5 Å². The van der Waals surface area contributed by atoms with E-state index in [1.165, 1.54) is 12.1 Å². The van der Waals surface area contributed by atoms with E-state index >= 15 is 0 Å². The van der Waals surface area contributed by atoms with Gasteiger partial charge in [-0.25, -0.2) is 4.57 Å².